The molecule has 1 fully saturated rings. The van der Waals surface area contributed by atoms with Crippen molar-refractivity contribution < 1.29 is 4.74 Å². The van der Waals surface area contributed by atoms with E-state index in [0.717, 1.165) is 42.4 Å². The van der Waals surface area contributed by atoms with Gasteiger partial charge in [0.25, 0.3) is 0 Å². The van der Waals surface area contributed by atoms with Crippen LogP contribution in [0.5, 0.6) is 5.75 Å². The minimum atomic E-state index is 0. The van der Waals surface area contributed by atoms with Crippen LogP contribution in [0.15, 0.2) is 18.2 Å². The van der Waals surface area contributed by atoms with Gasteiger partial charge in [-0.2, -0.15) is 0 Å². The lowest BCUT2D eigenvalue weighted by Crippen LogP contribution is -2.26. The molecule has 1 aliphatic heterocycles. The summed E-state index contributed by atoms with van der Waals surface area (Å²) in [5.74, 6) is 0.855. The lowest BCUT2D eigenvalue weighted by atomic mass is 10.2. The van der Waals surface area contributed by atoms with Crippen molar-refractivity contribution in [2.24, 2.45) is 5.73 Å². The molecule has 1 aliphatic rings. The number of likely N-dealkylation sites (tertiary alicyclic amines) is 1. The lowest BCUT2D eigenvalue weighted by molar-refractivity contribution is 0.317. The molecule has 1 saturated heterocycles. The van der Waals surface area contributed by atoms with Gasteiger partial charge in [-0.1, -0.05) is 17.7 Å². The van der Waals surface area contributed by atoms with Gasteiger partial charge in [0.2, 0.25) is 0 Å². The summed E-state index contributed by atoms with van der Waals surface area (Å²) < 4.78 is 5.32. The zero-order chi connectivity index (χ0) is 11.5. The molecule has 17 heavy (non-hydrogen) atoms. The Morgan fingerprint density at radius 1 is 1.53 bits per heavy atom. The number of methoxy groups -OCH3 is 1. The molecule has 0 amide bonds. The highest BCUT2D eigenvalue weighted by Gasteiger charge is 2.21. The van der Waals surface area contributed by atoms with E-state index >= 15 is 0 Å². The van der Waals surface area contributed by atoms with Crippen LogP contribution in [0.3, 0.4) is 0 Å². The molecule has 1 aromatic rings. The molecule has 1 unspecified atom stereocenters. The predicted molar refractivity (Wildman–Crippen MR) is 73.1 cm³/mol. The number of hydrogen-bond donors (Lipinski definition) is 1. The SMILES string of the molecule is COc1cccc(Cl)c1CN1CCC(N)C1.Cl. The Labute approximate surface area is 113 Å². The standard InChI is InChI=1S/C12H17ClN2O.ClH/c1-16-12-4-2-3-11(13)10(12)8-15-6-5-9(14)7-15;/h2-4,9H,5-8,14H2,1H3;1H. The third-order valence-corrected chi connectivity index (χ3v) is 3.34. The Balaban J connectivity index is 0.00000144. The normalized spacial score (nSPS) is 20.1. The van der Waals surface area contributed by atoms with E-state index < -0.39 is 0 Å². The first-order chi connectivity index (χ1) is 7.70. The van der Waals surface area contributed by atoms with Crippen molar-refractivity contribution in [1.29, 1.82) is 0 Å². The Morgan fingerprint density at radius 3 is 2.88 bits per heavy atom. The minimum Gasteiger partial charge on any atom is -0.496 e. The summed E-state index contributed by atoms with van der Waals surface area (Å²) in [6, 6.07) is 6.04. The van der Waals surface area contributed by atoms with Crippen LogP contribution in [0.1, 0.15) is 12.0 Å². The monoisotopic (exact) mass is 276 g/mol. The molecule has 3 nitrogen and oxygen atoms in total. The number of benzene rings is 1. The highest BCUT2D eigenvalue weighted by Crippen LogP contribution is 2.28. The molecule has 1 aromatic carbocycles. The van der Waals surface area contributed by atoms with Crippen LogP contribution in [-0.2, 0) is 6.54 Å². The summed E-state index contributed by atoms with van der Waals surface area (Å²) in [4.78, 5) is 2.31. The molecule has 0 aromatic heterocycles. The molecule has 0 spiro atoms. The summed E-state index contributed by atoms with van der Waals surface area (Å²) in [7, 11) is 1.67. The Morgan fingerprint density at radius 2 is 2.29 bits per heavy atom. The zero-order valence-electron chi connectivity index (χ0n) is 9.86. The van der Waals surface area contributed by atoms with Crippen molar-refractivity contribution in [3.63, 3.8) is 0 Å². The molecule has 0 bridgehead atoms. The molecule has 2 rings (SSSR count). The number of ether oxygens (including phenoxy) is 1. The lowest BCUT2D eigenvalue weighted by Gasteiger charge is -2.18. The maximum Gasteiger partial charge on any atom is 0.124 e. The van der Waals surface area contributed by atoms with Gasteiger partial charge in [-0.25, -0.2) is 0 Å². The average Bonchev–Trinajstić information content (AvgIpc) is 2.67. The van der Waals surface area contributed by atoms with Crippen molar-refractivity contribution in [3.05, 3.63) is 28.8 Å². The average molecular weight is 277 g/mol. The van der Waals surface area contributed by atoms with Gasteiger partial charge in [-0.15, -0.1) is 12.4 Å². The fourth-order valence-corrected chi connectivity index (χ4v) is 2.34. The molecule has 1 heterocycles. The largest absolute Gasteiger partial charge is 0.496 e. The topological polar surface area (TPSA) is 38.5 Å². The Bertz CT molecular complexity index is 374. The zero-order valence-corrected chi connectivity index (χ0v) is 11.4. The van der Waals surface area contributed by atoms with Crippen molar-refractivity contribution in [2.75, 3.05) is 20.2 Å². The summed E-state index contributed by atoms with van der Waals surface area (Å²) in [5.41, 5.74) is 6.94. The van der Waals surface area contributed by atoms with E-state index in [-0.39, 0.29) is 12.4 Å². The van der Waals surface area contributed by atoms with Crippen molar-refractivity contribution >= 4 is 24.0 Å². The quantitative estimate of drug-likeness (QED) is 0.921. The van der Waals surface area contributed by atoms with E-state index in [9.17, 15) is 0 Å². The number of rotatable bonds is 3. The molecule has 0 radical (unpaired) electrons. The van der Waals surface area contributed by atoms with Gasteiger partial charge in [-0.05, 0) is 18.6 Å². The van der Waals surface area contributed by atoms with Crippen molar-refractivity contribution in [1.82, 2.24) is 4.90 Å². The van der Waals surface area contributed by atoms with Crippen molar-refractivity contribution in [2.45, 2.75) is 19.0 Å². The molecule has 0 saturated carbocycles. The van der Waals surface area contributed by atoms with Crippen LogP contribution in [0.2, 0.25) is 5.02 Å². The van der Waals surface area contributed by atoms with E-state index in [1.54, 1.807) is 7.11 Å². The maximum absolute atomic E-state index is 6.19. The van der Waals surface area contributed by atoms with Gasteiger partial charge in [-0.3, -0.25) is 4.90 Å². The number of nitrogens with two attached hydrogens (primary N) is 1. The Kier molecular flexibility index (Phi) is 5.53. The predicted octanol–water partition coefficient (Wildman–Crippen LogP) is 2.30. The summed E-state index contributed by atoms with van der Waals surface area (Å²) in [5, 5.41) is 0.764. The number of halogens is 2. The minimum absolute atomic E-state index is 0. The third-order valence-electron chi connectivity index (χ3n) is 2.99. The fraction of sp³-hybridized carbons (Fsp3) is 0.500. The first-order valence-corrected chi connectivity index (χ1v) is 5.88. The molecule has 96 valence electrons. The molecule has 5 heteroatoms. The van der Waals surface area contributed by atoms with Crippen molar-refractivity contribution in [3.8, 4) is 5.75 Å². The van der Waals surface area contributed by atoms with Crippen LogP contribution >= 0.6 is 24.0 Å². The van der Waals surface area contributed by atoms with Crippen LogP contribution in [0.25, 0.3) is 0 Å². The van der Waals surface area contributed by atoms with E-state index in [1.165, 1.54) is 0 Å². The Hall–Kier alpha value is -0.480. The van der Waals surface area contributed by atoms with Crippen LogP contribution in [0.4, 0.5) is 0 Å². The van der Waals surface area contributed by atoms with Crippen LogP contribution in [-0.4, -0.2) is 31.1 Å². The van der Waals surface area contributed by atoms with Gasteiger partial charge in [0.1, 0.15) is 5.75 Å². The van der Waals surface area contributed by atoms with Gasteiger partial charge in [0.15, 0.2) is 0 Å². The number of hydrogen-bond acceptors (Lipinski definition) is 3. The first-order valence-electron chi connectivity index (χ1n) is 5.50. The smallest absolute Gasteiger partial charge is 0.124 e. The van der Waals surface area contributed by atoms with Crippen LogP contribution in [0, 0.1) is 0 Å². The highest BCUT2D eigenvalue weighted by molar-refractivity contribution is 6.31. The molecule has 1 atom stereocenters. The highest BCUT2D eigenvalue weighted by atomic mass is 35.5. The molecule has 0 aliphatic carbocycles. The third kappa shape index (κ3) is 3.49. The summed E-state index contributed by atoms with van der Waals surface area (Å²) in [6.45, 7) is 2.79. The second-order valence-electron chi connectivity index (χ2n) is 4.20. The first kappa shape index (κ1) is 14.6. The van der Waals surface area contributed by atoms with E-state index in [0.29, 0.717) is 6.04 Å². The number of nitrogens with zero attached hydrogens (tertiary/aromatic N) is 1. The second kappa shape index (κ2) is 6.45. The molecule has 2 N–H and O–H groups in total. The van der Waals surface area contributed by atoms with Gasteiger partial charge in [0.05, 0.1) is 7.11 Å². The summed E-state index contributed by atoms with van der Waals surface area (Å²) in [6.07, 6.45) is 1.06. The van der Waals surface area contributed by atoms with Crippen LogP contribution < -0.4 is 10.5 Å². The summed E-state index contributed by atoms with van der Waals surface area (Å²) >= 11 is 6.19. The molecular weight excluding hydrogens is 259 g/mol. The fourth-order valence-electron chi connectivity index (χ4n) is 2.11. The second-order valence-corrected chi connectivity index (χ2v) is 4.61. The molecular formula is C12H18Cl2N2O. The maximum atomic E-state index is 6.19. The van der Waals surface area contributed by atoms with E-state index in [4.69, 9.17) is 22.1 Å². The van der Waals surface area contributed by atoms with E-state index in [1.807, 2.05) is 18.2 Å². The van der Waals surface area contributed by atoms with Gasteiger partial charge < -0.3 is 10.5 Å². The van der Waals surface area contributed by atoms with E-state index in [2.05, 4.69) is 4.90 Å². The van der Waals surface area contributed by atoms with Gasteiger partial charge in [0, 0.05) is 36.3 Å². The van der Waals surface area contributed by atoms with Gasteiger partial charge >= 0.3 is 0 Å².